The Labute approximate surface area is 79.8 Å². The molecule has 1 N–H and O–H groups in total. The van der Waals surface area contributed by atoms with Gasteiger partial charge in [0.05, 0.1) is 5.69 Å². The average molecular weight is 190 g/mol. The monoisotopic (exact) mass is 190 g/mol. The molecule has 0 amide bonds. The van der Waals surface area contributed by atoms with E-state index in [2.05, 4.69) is 15.2 Å². The number of aromatic amines is 1. The van der Waals surface area contributed by atoms with Gasteiger partial charge in [-0.25, -0.2) is 14.5 Å². The predicted molar refractivity (Wildman–Crippen MR) is 50.2 cm³/mol. The van der Waals surface area contributed by atoms with Gasteiger partial charge in [0.15, 0.2) is 0 Å². The second-order valence-corrected chi connectivity index (χ2v) is 3.60. The van der Waals surface area contributed by atoms with Crippen molar-refractivity contribution in [2.24, 2.45) is 0 Å². The molecule has 2 aromatic rings. The van der Waals surface area contributed by atoms with Gasteiger partial charge in [0.2, 0.25) is 5.78 Å². The lowest BCUT2D eigenvalue weighted by atomic mass is 9.97. The Kier molecular flexibility index (Phi) is 1.47. The standard InChI is InChI=1S/C9H10N4O/c14-8-6-3-1-2-4-7(6)11-9-12-10-5-13(8)9/h5H,1-4H2,(H,11,12). The van der Waals surface area contributed by atoms with Crippen LogP contribution < -0.4 is 5.56 Å². The largest absolute Gasteiger partial charge is 0.268 e. The lowest BCUT2D eigenvalue weighted by molar-refractivity contribution is 0.656. The van der Waals surface area contributed by atoms with Crippen molar-refractivity contribution in [1.82, 2.24) is 19.6 Å². The van der Waals surface area contributed by atoms with Crippen LogP contribution in [0.1, 0.15) is 24.1 Å². The van der Waals surface area contributed by atoms with E-state index in [4.69, 9.17) is 0 Å². The summed E-state index contributed by atoms with van der Waals surface area (Å²) in [5.74, 6) is 0.552. The van der Waals surface area contributed by atoms with Crippen molar-refractivity contribution >= 4 is 5.78 Å². The van der Waals surface area contributed by atoms with Crippen LogP contribution >= 0.6 is 0 Å². The van der Waals surface area contributed by atoms with Crippen LogP contribution in [0.2, 0.25) is 0 Å². The number of hydrogen-bond acceptors (Lipinski definition) is 3. The highest BCUT2D eigenvalue weighted by Gasteiger charge is 2.16. The number of H-pyrrole nitrogens is 1. The minimum Gasteiger partial charge on any atom is -0.268 e. The van der Waals surface area contributed by atoms with Crippen LogP contribution in [0.3, 0.4) is 0 Å². The zero-order valence-corrected chi connectivity index (χ0v) is 7.66. The average Bonchev–Trinajstić information content (AvgIpc) is 2.66. The van der Waals surface area contributed by atoms with E-state index < -0.39 is 0 Å². The molecule has 0 bridgehead atoms. The Bertz CT molecular complexity index is 539. The summed E-state index contributed by atoms with van der Waals surface area (Å²) in [5.41, 5.74) is 1.86. The Balaban J connectivity index is 2.42. The quantitative estimate of drug-likeness (QED) is 0.649. The molecular weight excluding hydrogens is 180 g/mol. The summed E-state index contributed by atoms with van der Waals surface area (Å²) < 4.78 is 1.48. The summed E-state index contributed by atoms with van der Waals surface area (Å²) in [6.07, 6.45) is 5.48. The third-order valence-corrected chi connectivity index (χ3v) is 2.72. The summed E-state index contributed by atoms with van der Waals surface area (Å²) in [4.78, 5) is 16.3. The molecule has 0 spiro atoms. The Morgan fingerprint density at radius 1 is 1.36 bits per heavy atom. The number of rotatable bonds is 0. The molecule has 0 aliphatic heterocycles. The summed E-state index contributed by atoms with van der Waals surface area (Å²) in [5, 5.41) is 6.52. The van der Waals surface area contributed by atoms with Crippen molar-refractivity contribution in [2.75, 3.05) is 0 Å². The fourth-order valence-corrected chi connectivity index (χ4v) is 2.00. The predicted octanol–water partition coefficient (Wildman–Crippen LogP) is 0.296. The zero-order chi connectivity index (χ0) is 9.54. The third-order valence-electron chi connectivity index (χ3n) is 2.72. The molecule has 0 fully saturated rings. The Morgan fingerprint density at radius 3 is 3.14 bits per heavy atom. The van der Waals surface area contributed by atoms with E-state index in [1.165, 1.54) is 10.7 Å². The maximum atomic E-state index is 11.9. The maximum Gasteiger partial charge on any atom is 0.263 e. The van der Waals surface area contributed by atoms with Crippen LogP contribution in [-0.2, 0) is 12.8 Å². The molecule has 0 atom stereocenters. The van der Waals surface area contributed by atoms with E-state index >= 15 is 0 Å². The summed E-state index contributed by atoms with van der Waals surface area (Å²) in [6.45, 7) is 0. The smallest absolute Gasteiger partial charge is 0.263 e. The summed E-state index contributed by atoms with van der Waals surface area (Å²) in [7, 11) is 0. The Morgan fingerprint density at radius 2 is 2.21 bits per heavy atom. The van der Waals surface area contributed by atoms with Crippen LogP contribution in [0.15, 0.2) is 11.1 Å². The van der Waals surface area contributed by atoms with Crippen molar-refractivity contribution < 1.29 is 0 Å². The number of hydrogen-bond donors (Lipinski definition) is 1. The van der Waals surface area contributed by atoms with Gasteiger partial charge in [0, 0.05) is 5.56 Å². The molecule has 2 heterocycles. The second kappa shape index (κ2) is 2.67. The first-order valence-corrected chi connectivity index (χ1v) is 4.80. The van der Waals surface area contributed by atoms with Gasteiger partial charge in [-0.1, -0.05) is 0 Å². The zero-order valence-electron chi connectivity index (χ0n) is 7.66. The summed E-state index contributed by atoms with van der Waals surface area (Å²) in [6, 6.07) is 0. The fraction of sp³-hybridized carbons (Fsp3) is 0.444. The fourth-order valence-electron chi connectivity index (χ4n) is 2.00. The molecule has 5 heteroatoms. The van der Waals surface area contributed by atoms with Crippen molar-refractivity contribution in [3.63, 3.8) is 0 Å². The molecule has 14 heavy (non-hydrogen) atoms. The highest BCUT2D eigenvalue weighted by molar-refractivity contribution is 5.32. The number of nitrogens with zero attached hydrogens (tertiary/aromatic N) is 3. The molecule has 0 aromatic carbocycles. The van der Waals surface area contributed by atoms with Crippen molar-refractivity contribution in [3.05, 3.63) is 27.9 Å². The van der Waals surface area contributed by atoms with Gasteiger partial charge < -0.3 is 0 Å². The van der Waals surface area contributed by atoms with Gasteiger partial charge in [-0.05, 0) is 25.7 Å². The van der Waals surface area contributed by atoms with Crippen molar-refractivity contribution in [3.8, 4) is 0 Å². The molecule has 3 rings (SSSR count). The highest BCUT2D eigenvalue weighted by atomic mass is 16.1. The second-order valence-electron chi connectivity index (χ2n) is 3.60. The first kappa shape index (κ1) is 7.73. The van der Waals surface area contributed by atoms with Gasteiger partial charge in [-0.2, -0.15) is 5.10 Å². The normalized spacial score (nSPS) is 15.7. The Hall–Kier alpha value is -1.65. The molecular formula is C9H10N4O. The molecule has 5 nitrogen and oxygen atoms in total. The minimum absolute atomic E-state index is 0.0402. The van der Waals surface area contributed by atoms with Crippen LogP contribution in [-0.4, -0.2) is 19.6 Å². The van der Waals surface area contributed by atoms with Crippen LogP contribution in [0, 0.1) is 0 Å². The summed E-state index contributed by atoms with van der Waals surface area (Å²) >= 11 is 0. The van der Waals surface area contributed by atoms with E-state index in [0.717, 1.165) is 36.9 Å². The number of aryl methyl sites for hydroxylation is 1. The topological polar surface area (TPSA) is 63.0 Å². The molecule has 1 aliphatic rings. The SMILES string of the molecule is O=c1c2c(nc3[nH]ncn13)CCCC2. The van der Waals surface area contributed by atoms with Crippen LogP contribution in [0.4, 0.5) is 0 Å². The van der Waals surface area contributed by atoms with Gasteiger partial charge in [-0.15, -0.1) is 0 Å². The van der Waals surface area contributed by atoms with Gasteiger partial charge in [-0.3, -0.25) is 4.79 Å². The van der Waals surface area contributed by atoms with Crippen LogP contribution in [0.25, 0.3) is 5.78 Å². The van der Waals surface area contributed by atoms with Crippen molar-refractivity contribution in [1.29, 1.82) is 0 Å². The first-order valence-electron chi connectivity index (χ1n) is 4.80. The van der Waals surface area contributed by atoms with E-state index in [1.807, 2.05) is 0 Å². The molecule has 0 saturated carbocycles. The molecule has 1 aliphatic carbocycles. The number of fused-ring (bicyclic) bond motifs is 2. The van der Waals surface area contributed by atoms with E-state index in [0.29, 0.717) is 5.78 Å². The molecule has 2 aromatic heterocycles. The molecule has 0 unspecified atom stereocenters. The maximum absolute atomic E-state index is 11.9. The lowest BCUT2D eigenvalue weighted by Gasteiger charge is -2.12. The molecule has 0 radical (unpaired) electrons. The van der Waals surface area contributed by atoms with Gasteiger partial charge in [0.1, 0.15) is 6.33 Å². The van der Waals surface area contributed by atoms with Crippen molar-refractivity contribution in [2.45, 2.75) is 25.7 Å². The highest BCUT2D eigenvalue weighted by Crippen LogP contribution is 2.15. The third kappa shape index (κ3) is 0.921. The molecule has 0 saturated heterocycles. The van der Waals surface area contributed by atoms with E-state index in [9.17, 15) is 4.79 Å². The van der Waals surface area contributed by atoms with Gasteiger partial charge in [0.25, 0.3) is 5.56 Å². The number of nitrogens with one attached hydrogen (secondary N) is 1. The number of aromatic nitrogens is 4. The van der Waals surface area contributed by atoms with E-state index in [-0.39, 0.29) is 5.56 Å². The lowest BCUT2D eigenvalue weighted by Crippen LogP contribution is -2.23. The van der Waals surface area contributed by atoms with Gasteiger partial charge >= 0.3 is 0 Å². The molecule has 72 valence electrons. The first-order chi connectivity index (χ1) is 6.86. The van der Waals surface area contributed by atoms with E-state index in [1.54, 1.807) is 0 Å². The van der Waals surface area contributed by atoms with Crippen LogP contribution in [0.5, 0.6) is 0 Å². The minimum atomic E-state index is 0.0402.